The second-order valence-corrected chi connectivity index (χ2v) is 6.62. The molecular weight excluding hydrogens is 258 g/mol. The first kappa shape index (κ1) is 14.5. The molecule has 3 atom stereocenters. The summed E-state index contributed by atoms with van der Waals surface area (Å²) in [6.45, 7) is 5.15. The highest BCUT2D eigenvalue weighted by molar-refractivity contribution is 7.12. The van der Waals surface area contributed by atoms with Crippen LogP contribution in [0.1, 0.15) is 48.9 Å². The number of carboxylic acid groups (broad SMARTS) is 1. The third-order valence-electron chi connectivity index (χ3n) is 4.12. The van der Waals surface area contributed by atoms with Crippen LogP contribution in [0, 0.1) is 11.8 Å². The summed E-state index contributed by atoms with van der Waals surface area (Å²) in [4.78, 5) is 13.9. The summed E-state index contributed by atoms with van der Waals surface area (Å²) in [6.07, 6.45) is 4.02. The minimum atomic E-state index is -0.624. The second-order valence-electron chi connectivity index (χ2n) is 5.42. The van der Waals surface area contributed by atoms with E-state index in [1.54, 1.807) is 0 Å². The van der Waals surface area contributed by atoms with Crippen LogP contribution in [0.15, 0.2) is 12.1 Å². The lowest BCUT2D eigenvalue weighted by Crippen LogP contribution is -2.30. The maximum Gasteiger partial charge on any atom is 0.306 e. The Morgan fingerprint density at radius 2 is 2.32 bits per heavy atom. The van der Waals surface area contributed by atoms with Crippen LogP contribution < -0.4 is 5.32 Å². The summed E-state index contributed by atoms with van der Waals surface area (Å²) in [6, 6.07) is 4.69. The third kappa shape index (κ3) is 3.57. The number of hydrogen-bond donors (Lipinski definition) is 2. The van der Waals surface area contributed by atoms with Gasteiger partial charge in [-0.05, 0) is 50.8 Å². The lowest BCUT2D eigenvalue weighted by Gasteiger charge is -2.19. The number of carboxylic acids is 1. The molecule has 0 saturated heterocycles. The number of carbonyl (C=O) groups is 1. The van der Waals surface area contributed by atoms with Gasteiger partial charge in [0.15, 0.2) is 0 Å². The van der Waals surface area contributed by atoms with Crippen LogP contribution in [0.25, 0.3) is 0 Å². The minimum absolute atomic E-state index is 0.144. The van der Waals surface area contributed by atoms with Crippen molar-refractivity contribution < 1.29 is 9.90 Å². The molecule has 19 heavy (non-hydrogen) atoms. The van der Waals surface area contributed by atoms with Gasteiger partial charge < -0.3 is 10.4 Å². The van der Waals surface area contributed by atoms with E-state index in [1.807, 2.05) is 11.3 Å². The Labute approximate surface area is 119 Å². The van der Waals surface area contributed by atoms with Crippen molar-refractivity contribution in [3.63, 3.8) is 0 Å². The van der Waals surface area contributed by atoms with E-state index in [1.165, 1.54) is 9.75 Å². The lowest BCUT2D eigenvalue weighted by molar-refractivity contribution is -0.142. The summed E-state index contributed by atoms with van der Waals surface area (Å²) in [7, 11) is 0. The zero-order valence-electron chi connectivity index (χ0n) is 11.7. The number of rotatable bonds is 6. The van der Waals surface area contributed by atoms with E-state index < -0.39 is 5.97 Å². The van der Waals surface area contributed by atoms with Crippen molar-refractivity contribution in [1.29, 1.82) is 0 Å². The van der Waals surface area contributed by atoms with Gasteiger partial charge >= 0.3 is 5.97 Å². The normalized spacial score (nSPS) is 24.5. The average Bonchev–Trinajstić information content (AvgIpc) is 3.04. The van der Waals surface area contributed by atoms with Gasteiger partial charge in [0, 0.05) is 15.8 Å². The Bertz CT molecular complexity index is 430. The van der Waals surface area contributed by atoms with Crippen LogP contribution >= 0.6 is 11.3 Å². The first-order chi connectivity index (χ1) is 9.11. The molecule has 3 unspecified atom stereocenters. The maximum atomic E-state index is 11.1. The smallest absolute Gasteiger partial charge is 0.306 e. The predicted octanol–water partition coefficient (Wildman–Crippen LogP) is 3.46. The molecule has 0 aromatic carbocycles. The topological polar surface area (TPSA) is 49.3 Å². The van der Waals surface area contributed by atoms with E-state index in [-0.39, 0.29) is 5.92 Å². The molecule has 0 spiro atoms. The largest absolute Gasteiger partial charge is 0.481 e. The van der Waals surface area contributed by atoms with E-state index in [4.69, 9.17) is 0 Å². The Balaban J connectivity index is 1.86. The van der Waals surface area contributed by atoms with Gasteiger partial charge in [-0.2, -0.15) is 0 Å². The first-order valence-corrected chi connectivity index (χ1v) is 7.98. The zero-order valence-corrected chi connectivity index (χ0v) is 12.5. The molecule has 1 saturated carbocycles. The van der Waals surface area contributed by atoms with Crippen LogP contribution in [-0.4, -0.2) is 17.6 Å². The van der Waals surface area contributed by atoms with Crippen molar-refractivity contribution in [2.75, 3.05) is 6.54 Å². The Kier molecular flexibility index (Phi) is 4.99. The number of thiophene rings is 1. The molecule has 2 rings (SSSR count). The number of hydrogen-bond acceptors (Lipinski definition) is 3. The summed E-state index contributed by atoms with van der Waals surface area (Å²) in [5.41, 5.74) is 0. The van der Waals surface area contributed by atoms with Crippen molar-refractivity contribution in [1.82, 2.24) is 5.32 Å². The summed E-state index contributed by atoms with van der Waals surface area (Å²) in [5, 5.41) is 12.7. The summed E-state index contributed by atoms with van der Waals surface area (Å²) in [5.74, 6) is -0.471. The number of nitrogens with one attached hydrogen (secondary N) is 1. The molecule has 2 N–H and O–H groups in total. The Hall–Kier alpha value is -0.870. The SMILES string of the molecule is CCc1ccc(C(C)NCC2CCCC2C(=O)O)s1. The van der Waals surface area contributed by atoms with Gasteiger partial charge in [0.1, 0.15) is 0 Å². The van der Waals surface area contributed by atoms with Crippen molar-refractivity contribution in [2.45, 2.75) is 45.6 Å². The van der Waals surface area contributed by atoms with Crippen molar-refractivity contribution in [2.24, 2.45) is 11.8 Å². The minimum Gasteiger partial charge on any atom is -0.481 e. The molecule has 106 valence electrons. The quantitative estimate of drug-likeness (QED) is 0.839. The fourth-order valence-electron chi connectivity index (χ4n) is 2.85. The van der Waals surface area contributed by atoms with Crippen LogP contribution in [0.4, 0.5) is 0 Å². The molecule has 1 aromatic heterocycles. The Morgan fingerprint density at radius 3 is 2.95 bits per heavy atom. The van der Waals surface area contributed by atoms with Crippen LogP contribution in [-0.2, 0) is 11.2 Å². The van der Waals surface area contributed by atoms with E-state index in [9.17, 15) is 9.90 Å². The van der Waals surface area contributed by atoms with E-state index in [2.05, 4.69) is 31.3 Å². The van der Waals surface area contributed by atoms with Gasteiger partial charge in [-0.15, -0.1) is 11.3 Å². The molecule has 4 heteroatoms. The Morgan fingerprint density at radius 1 is 1.53 bits per heavy atom. The van der Waals surface area contributed by atoms with Gasteiger partial charge in [-0.1, -0.05) is 13.3 Å². The molecule has 0 radical (unpaired) electrons. The highest BCUT2D eigenvalue weighted by Gasteiger charge is 2.32. The molecule has 3 nitrogen and oxygen atoms in total. The predicted molar refractivity (Wildman–Crippen MR) is 78.6 cm³/mol. The molecule has 1 heterocycles. The van der Waals surface area contributed by atoms with Crippen molar-refractivity contribution in [3.8, 4) is 0 Å². The van der Waals surface area contributed by atoms with Gasteiger partial charge in [0.05, 0.1) is 5.92 Å². The molecule has 1 aliphatic carbocycles. The van der Waals surface area contributed by atoms with Gasteiger partial charge in [0.25, 0.3) is 0 Å². The van der Waals surface area contributed by atoms with Gasteiger partial charge in [-0.3, -0.25) is 4.79 Å². The van der Waals surface area contributed by atoms with Crippen LogP contribution in [0.5, 0.6) is 0 Å². The fourth-order valence-corrected chi connectivity index (χ4v) is 3.83. The highest BCUT2D eigenvalue weighted by Crippen LogP contribution is 2.32. The molecule has 1 aliphatic rings. The lowest BCUT2D eigenvalue weighted by atomic mass is 9.96. The molecule has 1 fully saturated rings. The second kappa shape index (κ2) is 6.53. The average molecular weight is 281 g/mol. The molecular formula is C15H23NO2S. The molecule has 0 bridgehead atoms. The third-order valence-corrected chi connectivity index (χ3v) is 5.53. The van der Waals surface area contributed by atoms with Crippen molar-refractivity contribution in [3.05, 3.63) is 21.9 Å². The summed E-state index contributed by atoms with van der Waals surface area (Å²) >= 11 is 1.85. The maximum absolute atomic E-state index is 11.1. The monoisotopic (exact) mass is 281 g/mol. The van der Waals surface area contributed by atoms with Crippen LogP contribution in [0.3, 0.4) is 0 Å². The molecule has 1 aromatic rings. The standard InChI is InChI=1S/C15H23NO2S/c1-3-12-7-8-14(19-12)10(2)16-9-11-5-4-6-13(11)15(17)18/h7-8,10-11,13,16H,3-6,9H2,1-2H3,(H,17,18). The summed E-state index contributed by atoms with van der Waals surface area (Å²) < 4.78 is 0. The number of aryl methyl sites for hydroxylation is 1. The van der Waals surface area contributed by atoms with Gasteiger partial charge in [-0.25, -0.2) is 0 Å². The van der Waals surface area contributed by atoms with E-state index >= 15 is 0 Å². The van der Waals surface area contributed by atoms with Crippen molar-refractivity contribution >= 4 is 17.3 Å². The molecule has 0 aliphatic heterocycles. The van der Waals surface area contributed by atoms with E-state index in [0.717, 1.165) is 32.2 Å². The fraction of sp³-hybridized carbons (Fsp3) is 0.667. The molecule has 0 amide bonds. The van der Waals surface area contributed by atoms with Gasteiger partial charge in [0.2, 0.25) is 0 Å². The highest BCUT2D eigenvalue weighted by atomic mass is 32.1. The number of aliphatic carboxylic acids is 1. The zero-order chi connectivity index (χ0) is 13.8. The van der Waals surface area contributed by atoms with E-state index in [0.29, 0.717) is 12.0 Å². The van der Waals surface area contributed by atoms with Crippen LogP contribution in [0.2, 0.25) is 0 Å². The first-order valence-electron chi connectivity index (χ1n) is 7.16.